The van der Waals surface area contributed by atoms with Crippen LogP contribution >= 0.6 is 0 Å². The first-order chi connectivity index (χ1) is 11.1. The van der Waals surface area contributed by atoms with Gasteiger partial charge in [-0.25, -0.2) is 15.0 Å². The van der Waals surface area contributed by atoms with Gasteiger partial charge in [0.2, 0.25) is 5.91 Å². The van der Waals surface area contributed by atoms with Crippen molar-refractivity contribution in [3.05, 3.63) is 30.1 Å². The summed E-state index contributed by atoms with van der Waals surface area (Å²) in [6, 6.07) is 1.88. The molecular formula is C16H22N6O. The second kappa shape index (κ2) is 6.76. The van der Waals surface area contributed by atoms with Gasteiger partial charge in [-0.05, 0) is 32.6 Å². The van der Waals surface area contributed by atoms with E-state index in [1.807, 2.05) is 30.7 Å². The summed E-state index contributed by atoms with van der Waals surface area (Å²) in [5.74, 6) is 3.86. The van der Waals surface area contributed by atoms with Crippen LogP contribution in [0.4, 0.5) is 5.82 Å². The lowest BCUT2D eigenvalue weighted by Gasteiger charge is -2.10. The highest BCUT2D eigenvalue weighted by atomic mass is 16.1. The molecule has 2 heterocycles. The van der Waals surface area contributed by atoms with Crippen molar-refractivity contribution in [3.63, 3.8) is 0 Å². The first kappa shape index (κ1) is 15.5. The fraction of sp³-hybridized carbons (Fsp3) is 0.500. The topological polar surface area (TPSA) is 84.7 Å². The Hall–Kier alpha value is -2.44. The highest BCUT2D eigenvalue weighted by molar-refractivity contribution is 5.76. The first-order valence-electron chi connectivity index (χ1n) is 7.98. The van der Waals surface area contributed by atoms with E-state index in [4.69, 9.17) is 0 Å². The molecule has 122 valence electrons. The van der Waals surface area contributed by atoms with Gasteiger partial charge in [0.05, 0.1) is 0 Å². The third-order valence-electron chi connectivity index (χ3n) is 3.82. The van der Waals surface area contributed by atoms with Gasteiger partial charge in [0.25, 0.3) is 0 Å². The molecule has 0 unspecified atom stereocenters. The number of hydrogen-bond donors (Lipinski definition) is 2. The van der Waals surface area contributed by atoms with E-state index in [0.29, 0.717) is 31.3 Å². The molecule has 0 spiro atoms. The van der Waals surface area contributed by atoms with Crippen molar-refractivity contribution in [2.45, 2.75) is 33.1 Å². The summed E-state index contributed by atoms with van der Waals surface area (Å²) in [6.07, 6.45) is 6.68. The standard InChI is InChI=1S/C16H22N6O/c1-11-20-14(10-15(21-11)22-8-7-17-12(22)2)18-5-6-19-16(23)9-13-3-4-13/h7-8,10,13H,3-6,9H2,1-2H3,(H,19,23)(H,18,20,21). The highest BCUT2D eigenvalue weighted by Gasteiger charge is 2.23. The first-order valence-corrected chi connectivity index (χ1v) is 7.98. The van der Waals surface area contributed by atoms with Crippen molar-refractivity contribution in [2.75, 3.05) is 18.4 Å². The van der Waals surface area contributed by atoms with Gasteiger partial charge in [0.15, 0.2) is 0 Å². The average molecular weight is 314 g/mol. The van der Waals surface area contributed by atoms with Gasteiger partial charge in [-0.2, -0.15) is 0 Å². The third kappa shape index (κ3) is 4.28. The predicted molar refractivity (Wildman–Crippen MR) is 87.5 cm³/mol. The molecule has 0 aromatic carbocycles. The van der Waals surface area contributed by atoms with Crippen LogP contribution in [-0.2, 0) is 4.79 Å². The normalized spacial score (nSPS) is 13.8. The van der Waals surface area contributed by atoms with Crippen LogP contribution in [0.2, 0.25) is 0 Å². The van der Waals surface area contributed by atoms with Gasteiger partial charge in [-0.15, -0.1) is 0 Å². The van der Waals surface area contributed by atoms with E-state index in [-0.39, 0.29) is 5.91 Å². The third-order valence-corrected chi connectivity index (χ3v) is 3.82. The van der Waals surface area contributed by atoms with Crippen molar-refractivity contribution < 1.29 is 4.79 Å². The molecule has 0 radical (unpaired) electrons. The average Bonchev–Trinajstić information content (AvgIpc) is 3.21. The maximum atomic E-state index is 11.6. The van der Waals surface area contributed by atoms with Crippen LogP contribution in [0, 0.1) is 19.8 Å². The predicted octanol–water partition coefficient (Wildman–Crippen LogP) is 1.61. The maximum absolute atomic E-state index is 11.6. The number of aromatic nitrogens is 4. The second-order valence-electron chi connectivity index (χ2n) is 5.93. The zero-order valence-electron chi connectivity index (χ0n) is 13.5. The summed E-state index contributed by atoms with van der Waals surface area (Å²) >= 11 is 0. The molecule has 0 bridgehead atoms. The number of nitrogens with zero attached hydrogens (tertiary/aromatic N) is 4. The van der Waals surface area contributed by atoms with Crippen LogP contribution in [0.3, 0.4) is 0 Å². The number of carbonyl (C=O) groups excluding carboxylic acids is 1. The quantitative estimate of drug-likeness (QED) is 0.758. The van der Waals surface area contributed by atoms with Gasteiger partial charge in [0.1, 0.15) is 23.3 Å². The minimum atomic E-state index is 0.142. The Balaban J connectivity index is 1.54. The molecule has 2 aromatic rings. The molecule has 1 aliphatic carbocycles. The number of nitrogens with one attached hydrogen (secondary N) is 2. The lowest BCUT2D eigenvalue weighted by molar-refractivity contribution is -0.121. The van der Waals surface area contributed by atoms with E-state index in [2.05, 4.69) is 25.6 Å². The molecule has 7 nitrogen and oxygen atoms in total. The Morgan fingerprint density at radius 3 is 2.83 bits per heavy atom. The number of hydrogen-bond acceptors (Lipinski definition) is 5. The summed E-state index contributed by atoms with van der Waals surface area (Å²) in [6.45, 7) is 5.02. The molecule has 23 heavy (non-hydrogen) atoms. The van der Waals surface area contributed by atoms with E-state index in [1.165, 1.54) is 12.8 Å². The van der Waals surface area contributed by atoms with E-state index in [1.54, 1.807) is 6.20 Å². The Morgan fingerprint density at radius 1 is 1.30 bits per heavy atom. The lowest BCUT2D eigenvalue weighted by Crippen LogP contribution is -2.29. The van der Waals surface area contributed by atoms with Crippen LogP contribution < -0.4 is 10.6 Å². The molecule has 2 N–H and O–H groups in total. The van der Waals surface area contributed by atoms with Crippen LogP contribution in [0.25, 0.3) is 5.82 Å². The summed E-state index contributed by atoms with van der Waals surface area (Å²) in [7, 11) is 0. The number of anilines is 1. The monoisotopic (exact) mass is 314 g/mol. The molecule has 0 atom stereocenters. The van der Waals surface area contributed by atoms with Crippen LogP contribution in [-0.4, -0.2) is 38.5 Å². The van der Waals surface area contributed by atoms with Gasteiger partial charge in [-0.3, -0.25) is 9.36 Å². The molecule has 1 amide bonds. The molecule has 0 saturated heterocycles. The zero-order chi connectivity index (χ0) is 16.2. The van der Waals surface area contributed by atoms with Crippen LogP contribution in [0.15, 0.2) is 18.5 Å². The smallest absolute Gasteiger partial charge is 0.220 e. The van der Waals surface area contributed by atoms with Gasteiger partial charge >= 0.3 is 0 Å². The van der Waals surface area contributed by atoms with Gasteiger partial charge in [0, 0.05) is 38.0 Å². The summed E-state index contributed by atoms with van der Waals surface area (Å²) in [5.41, 5.74) is 0. The molecule has 1 aliphatic rings. The molecule has 3 rings (SSSR count). The molecule has 1 fully saturated rings. The summed E-state index contributed by atoms with van der Waals surface area (Å²) in [5, 5.41) is 6.16. The number of imidazole rings is 1. The van der Waals surface area contributed by atoms with Crippen molar-refractivity contribution in [1.29, 1.82) is 0 Å². The Bertz CT molecular complexity index is 692. The largest absolute Gasteiger partial charge is 0.368 e. The van der Waals surface area contributed by atoms with Gasteiger partial charge < -0.3 is 10.6 Å². The van der Waals surface area contributed by atoms with Crippen molar-refractivity contribution >= 4 is 11.7 Å². The summed E-state index contributed by atoms with van der Waals surface area (Å²) in [4.78, 5) is 24.7. The fourth-order valence-electron chi connectivity index (χ4n) is 2.43. The lowest BCUT2D eigenvalue weighted by atomic mass is 10.3. The minimum absolute atomic E-state index is 0.142. The van der Waals surface area contributed by atoms with E-state index in [0.717, 1.165) is 17.5 Å². The van der Waals surface area contributed by atoms with E-state index >= 15 is 0 Å². The molecular weight excluding hydrogens is 292 g/mol. The Kier molecular flexibility index (Phi) is 4.55. The van der Waals surface area contributed by atoms with Crippen molar-refractivity contribution in [2.24, 2.45) is 5.92 Å². The van der Waals surface area contributed by atoms with Crippen molar-refractivity contribution in [3.8, 4) is 5.82 Å². The highest BCUT2D eigenvalue weighted by Crippen LogP contribution is 2.31. The number of aryl methyl sites for hydroxylation is 2. The number of carbonyl (C=O) groups is 1. The molecule has 2 aromatic heterocycles. The number of rotatable bonds is 7. The van der Waals surface area contributed by atoms with Crippen LogP contribution in [0.5, 0.6) is 0 Å². The summed E-state index contributed by atoms with van der Waals surface area (Å²) < 4.78 is 1.91. The Labute approximate surface area is 135 Å². The second-order valence-corrected chi connectivity index (χ2v) is 5.93. The zero-order valence-corrected chi connectivity index (χ0v) is 13.5. The van der Waals surface area contributed by atoms with Gasteiger partial charge in [-0.1, -0.05) is 0 Å². The van der Waals surface area contributed by atoms with E-state index in [9.17, 15) is 4.79 Å². The Morgan fingerprint density at radius 2 is 2.13 bits per heavy atom. The minimum Gasteiger partial charge on any atom is -0.368 e. The van der Waals surface area contributed by atoms with Crippen molar-refractivity contribution in [1.82, 2.24) is 24.8 Å². The molecule has 0 aliphatic heterocycles. The molecule has 7 heteroatoms. The van der Waals surface area contributed by atoms with E-state index < -0.39 is 0 Å². The maximum Gasteiger partial charge on any atom is 0.220 e. The molecule has 1 saturated carbocycles. The fourth-order valence-corrected chi connectivity index (χ4v) is 2.43. The number of amides is 1. The SMILES string of the molecule is Cc1nc(NCCNC(=O)CC2CC2)cc(-n2ccnc2C)n1. The van der Waals surface area contributed by atoms with Crippen LogP contribution in [0.1, 0.15) is 30.9 Å².